The molecule has 1 aromatic heterocycles. The average molecular weight is 327 g/mol. The third kappa shape index (κ3) is 3.85. The summed E-state index contributed by atoms with van der Waals surface area (Å²) in [5.74, 6) is -0.174. The van der Waals surface area contributed by atoms with Crippen LogP contribution in [0.5, 0.6) is 0 Å². The smallest absolute Gasteiger partial charge is 0.254 e. The number of aliphatic hydroxyl groups is 1. The summed E-state index contributed by atoms with van der Waals surface area (Å²) in [5, 5.41) is 18.0. The van der Waals surface area contributed by atoms with E-state index in [1.165, 1.54) is 12.8 Å². The first-order valence-corrected chi connectivity index (χ1v) is 8.70. The number of hydrogen-bond donors (Lipinski definition) is 2. The zero-order chi connectivity index (χ0) is 17.0. The van der Waals surface area contributed by atoms with Crippen molar-refractivity contribution in [2.45, 2.75) is 51.0 Å². The van der Waals surface area contributed by atoms with Gasteiger partial charge < -0.3 is 10.4 Å². The molecule has 1 aromatic carbocycles. The number of carbonyl (C=O) groups excluding carboxylic acids is 1. The van der Waals surface area contributed by atoms with Crippen molar-refractivity contribution in [3.63, 3.8) is 0 Å². The Morgan fingerprint density at radius 2 is 1.88 bits per heavy atom. The van der Waals surface area contributed by atoms with Crippen LogP contribution in [0.25, 0.3) is 5.69 Å². The summed E-state index contributed by atoms with van der Waals surface area (Å²) < 4.78 is 1.71. The van der Waals surface area contributed by atoms with Gasteiger partial charge in [-0.3, -0.25) is 4.79 Å². The predicted octanol–water partition coefficient (Wildman–Crippen LogP) is 3.00. The lowest BCUT2D eigenvalue weighted by Gasteiger charge is -2.26. The van der Waals surface area contributed by atoms with Crippen LogP contribution >= 0.6 is 0 Å². The summed E-state index contributed by atoms with van der Waals surface area (Å²) in [6, 6.07) is 9.72. The van der Waals surface area contributed by atoms with Crippen molar-refractivity contribution in [3.05, 3.63) is 47.8 Å². The number of nitrogens with zero attached hydrogens (tertiary/aromatic N) is 2. The first-order chi connectivity index (χ1) is 11.6. The van der Waals surface area contributed by atoms with Gasteiger partial charge in [0.2, 0.25) is 0 Å². The molecule has 0 bridgehead atoms. The number of para-hydroxylation sites is 1. The van der Waals surface area contributed by atoms with Gasteiger partial charge in [0.15, 0.2) is 0 Å². The molecule has 0 unspecified atom stereocenters. The van der Waals surface area contributed by atoms with Crippen LogP contribution in [-0.4, -0.2) is 32.9 Å². The highest BCUT2D eigenvalue weighted by Gasteiger charge is 2.29. The van der Waals surface area contributed by atoms with Crippen LogP contribution in [0, 0.1) is 6.92 Å². The van der Waals surface area contributed by atoms with Gasteiger partial charge in [-0.05, 0) is 31.9 Å². The highest BCUT2D eigenvalue weighted by molar-refractivity contribution is 5.95. The van der Waals surface area contributed by atoms with Crippen molar-refractivity contribution in [1.82, 2.24) is 15.1 Å². The highest BCUT2D eigenvalue weighted by atomic mass is 16.3. The maximum Gasteiger partial charge on any atom is 0.254 e. The molecular weight excluding hydrogens is 302 g/mol. The van der Waals surface area contributed by atoms with Crippen LogP contribution in [0.4, 0.5) is 0 Å². The van der Waals surface area contributed by atoms with Crippen LogP contribution < -0.4 is 5.32 Å². The average Bonchev–Trinajstić information content (AvgIpc) is 2.85. The van der Waals surface area contributed by atoms with Gasteiger partial charge in [0, 0.05) is 12.7 Å². The second-order valence-corrected chi connectivity index (χ2v) is 6.73. The molecule has 5 nitrogen and oxygen atoms in total. The third-order valence-electron chi connectivity index (χ3n) is 4.78. The van der Waals surface area contributed by atoms with E-state index in [9.17, 15) is 9.90 Å². The maximum atomic E-state index is 12.5. The monoisotopic (exact) mass is 327 g/mol. The van der Waals surface area contributed by atoms with Crippen molar-refractivity contribution in [2.75, 3.05) is 6.54 Å². The number of carbonyl (C=O) groups is 1. The summed E-state index contributed by atoms with van der Waals surface area (Å²) >= 11 is 0. The molecular formula is C19H25N3O2. The zero-order valence-electron chi connectivity index (χ0n) is 14.2. The molecule has 24 heavy (non-hydrogen) atoms. The van der Waals surface area contributed by atoms with Crippen LogP contribution in [0.15, 0.2) is 36.5 Å². The maximum absolute atomic E-state index is 12.5. The minimum atomic E-state index is -0.768. The second kappa shape index (κ2) is 7.18. The van der Waals surface area contributed by atoms with Gasteiger partial charge >= 0.3 is 0 Å². The van der Waals surface area contributed by atoms with Crippen LogP contribution in [0.1, 0.15) is 54.6 Å². The molecule has 5 heteroatoms. The molecule has 0 spiro atoms. The fourth-order valence-corrected chi connectivity index (χ4v) is 3.30. The summed E-state index contributed by atoms with van der Waals surface area (Å²) in [5.41, 5.74) is 1.39. The molecule has 0 radical (unpaired) electrons. The molecule has 0 aliphatic heterocycles. The van der Waals surface area contributed by atoms with E-state index in [0.717, 1.165) is 31.4 Å². The number of aromatic nitrogens is 2. The first kappa shape index (κ1) is 16.7. The fourth-order valence-electron chi connectivity index (χ4n) is 3.30. The molecule has 3 rings (SSSR count). The Bertz CT molecular complexity index is 686. The lowest BCUT2D eigenvalue weighted by molar-refractivity contribution is 0.0246. The number of benzene rings is 1. The van der Waals surface area contributed by atoms with Gasteiger partial charge in [-0.2, -0.15) is 5.10 Å². The third-order valence-corrected chi connectivity index (χ3v) is 4.78. The number of amides is 1. The van der Waals surface area contributed by atoms with Crippen molar-refractivity contribution in [2.24, 2.45) is 0 Å². The van der Waals surface area contributed by atoms with Crippen LogP contribution in [0.3, 0.4) is 0 Å². The molecule has 1 amide bonds. The molecule has 1 aliphatic carbocycles. The minimum absolute atomic E-state index is 0.174. The normalized spacial score (nSPS) is 17.2. The van der Waals surface area contributed by atoms with E-state index >= 15 is 0 Å². The van der Waals surface area contributed by atoms with Gasteiger partial charge in [-0.15, -0.1) is 0 Å². The van der Waals surface area contributed by atoms with Gasteiger partial charge in [0.25, 0.3) is 5.91 Å². The Morgan fingerprint density at radius 1 is 1.21 bits per heavy atom. The van der Waals surface area contributed by atoms with Crippen LogP contribution in [0.2, 0.25) is 0 Å². The zero-order valence-corrected chi connectivity index (χ0v) is 14.2. The fraction of sp³-hybridized carbons (Fsp3) is 0.474. The van der Waals surface area contributed by atoms with E-state index in [0.29, 0.717) is 17.8 Å². The van der Waals surface area contributed by atoms with Gasteiger partial charge in [-0.1, -0.05) is 43.9 Å². The van der Waals surface area contributed by atoms with E-state index in [1.54, 1.807) is 10.9 Å². The second-order valence-electron chi connectivity index (χ2n) is 6.73. The van der Waals surface area contributed by atoms with E-state index in [1.807, 2.05) is 37.3 Å². The number of aryl methyl sites for hydroxylation is 1. The Hall–Kier alpha value is -2.14. The molecule has 1 aliphatic rings. The minimum Gasteiger partial charge on any atom is -0.388 e. The van der Waals surface area contributed by atoms with Crippen LogP contribution in [-0.2, 0) is 0 Å². The lowest BCUT2D eigenvalue weighted by atomic mass is 9.94. The van der Waals surface area contributed by atoms with E-state index in [4.69, 9.17) is 0 Å². The van der Waals surface area contributed by atoms with E-state index in [-0.39, 0.29) is 5.91 Å². The Kier molecular flexibility index (Phi) is 5.00. The van der Waals surface area contributed by atoms with Gasteiger partial charge in [-0.25, -0.2) is 4.68 Å². The van der Waals surface area contributed by atoms with Crippen molar-refractivity contribution in [3.8, 4) is 5.69 Å². The predicted molar refractivity (Wildman–Crippen MR) is 93.3 cm³/mol. The summed E-state index contributed by atoms with van der Waals surface area (Å²) in [4.78, 5) is 12.5. The Balaban J connectivity index is 1.68. The molecule has 0 atom stereocenters. The molecule has 0 saturated heterocycles. The largest absolute Gasteiger partial charge is 0.388 e. The Morgan fingerprint density at radius 3 is 2.54 bits per heavy atom. The summed E-state index contributed by atoms with van der Waals surface area (Å²) in [7, 11) is 0. The SMILES string of the molecule is Cc1nn(-c2ccccc2)cc1C(=O)NCC1(O)CCCCCC1. The lowest BCUT2D eigenvalue weighted by Crippen LogP contribution is -2.42. The number of rotatable bonds is 4. The van der Waals surface area contributed by atoms with Crippen molar-refractivity contribution >= 4 is 5.91 Å². The van der Waals surface area contributed by atoms with Crippen molar-refractivity contribution < 1.29 is 9.90 Å². The molecule has 1 heterocycles. The summed E-state index contributed by atoms with van der Waals surface area (Å²) in [6.45, 7) is 2.14. The molecule has 1 saturated carbocycles. The van der Waals surface area contributed by atoms with Crippen molar-refractivity contribution in [1.29, 1.82) is 0 Å². The standard InChI is InChI=1S/C19H25N3O2/c1-15-17(13-22(21-15)16-9-5-4-6-10-16)18(23)20-14-19(24)11-7-2-3-8-12-19/h4-6,9-10,13,24H,2-3,7-8,11-12,14H2,1H3,(H,20,23). The van der Waals surface area contributed by atoms with Gasteiger partial charge in [0.05, 0.1) is 22.5 Å². The molecule has 128 valence electrons. The Labute approximate surface area is 142 Å². The molecule has 2 N–H and O–H groups in total. The number of nitrogens with one attached hydrogen (secondary N) is 1. The summed E-state index contributed by atoms with van der Waals surface area (Å²) in [6.07, 6.45) is 7.65. The topological polar surface area (TPSA) is 67.2 Å². The van der Waals surface area contributed by atoms with E-state index < -0.39 is 5.60 Å². The molecule has 1 fully saturated rings. The van der Waals surface area contributed by atoms with E-state index in [2.05, 4.69) is 10.4 Å². The first-order valence-electron chi connectivity index (χ1n) is 8.70. The van der Waals surface area contributed by atoms with Gasteiger partial charge in [0.1, 0.15) is 0 Å². The highest BCUT2D eigenvalue weighted by Crippen LogP contribution is 2.26. The molecule has 2 aromatic rings. The quantitative estimate of drug-likeness (QED) is 0.848. The number of hydrogen-bond acceptors (Lipinski definition) is 3.